The molecule has 0 unspecified atom stereocenters. The number of nitrogens with two attached hydrogens (primary N) is 1. The van der Waals surface area contributed by atoms with Crippen molar-refractivity contribution >= 4 is 11.9 Å². The molecule has 0 aliphatic rings. The van der Waals surface area contributed by atoms with Gasteiger partial charge in [-0.2, -0.15) is 0 Å². The zero-order valence-electron chi connectivity index (χ0n) is 9.92. The smallest absolute Gasteiger partial charge is 0.335 e. The Kier molecular flexibility index (Phi) is 5.22. The lowest BCUT2D eigenvalue weighted by atomic mass is 10.2. The molecule has 98 valence electrons. The summed E-state index contributed by atoms with van der Waals surface area (Å²) in [7, 11) is 0. The van der Waals surface area contributed by atoms with Crippen LogP contribution >= 0.6 is 0 Å². The molecule has 0 aromatic heterocycles. The van der Waals surface area contributed by atoms with E-state index in [0.717, 1.165) is 0 Å². The molecule has 0 fully saturated rings. The van der Waals surface area contributed by atoms with Crippen molar-refractivity contribution < 1.29 is 19.1 Å². The molecule has 0 aliphatic heterocycles. The first kappa shape index (κ1) is 14.4. The van der Waals surface area contributed by atoms with Crippen LogP contribution in [0.3, 0.4) is 0 Å². The molecule has 0 saturated carbocycles. The highest BCUT2D eigenvalue weighted by molar-refractivity contribution is 5.92. The Hall–Kier alpha value is -2.69. The molecule has 2 aromatic rings. The maximum atomic E-state index is 12.2. The number of primary amides is 1. The Morgan fingerprint density at radius 2 is 1.42 bits per heavy atom. The van der Waals surface area contributed by atoms with E-state index in [9.17, 15) is 14.0 Å². The van der Waals surface area contributed by atoms with Crippen molar-refractivity contribution in [3.8, 4) is 0 Å². The molecule has 0 bridgehead atoms. The molecule has 0 spiro atoms. The molecule has 0 saturated heterocycles. The van der Waals surface area contributed by atoms with E-state index >= 15 is 0 Å². The van der Waals surface area contributed by atoms with Crippen LogP contribution in [0, 0.1) is 5.82 Å². The van der Waals surface area contributed by atoms with Gasteiger partial charge in [0.2, 0.25) is 5.91 Å². The number of amides is 1. The molecule has 5 heteroatoms. The standard InChI is InChI=1S/C7H6FNO.C7H6O2/c8-6-3-1-5(2-4-6)7(9)10;8-7(9)6-4-2-1-3-5-6/h1-4H,(H2,9,10);1-5H,(H,8,9). The van der Waals surface area contributed by atoms with Gasteiger partial charge in [0, 0.05) is 5.56 Å². The predicted molar refractivity (Wildman–Crippen MR) is 68.3 cm³/mol. The molecule has 0 radical (unpaired) electrons. The lowest BCUT2D eigenvalue weighted by Crippen LogP contribution is -2.10. The maximum absolute atomic E-state index is 12.2. The van der Waals surface area contributed by atoms with Crippen LogP contribution in [-0.2, 0) is 0 Å². The third-order valence-corrected chi connectivity index (χ3v) is 2.15. The van der Waals surface area contributed by atoms with Crippen LogP contribution in [0.25, 0.3) is 0 Å². The van der Waals surface area contributed by atoms with Gasteiger partial charge in [0.25, 0.3) is 0 Å². The summed E-state index contributed by atoms with van der Waals surface area (Å²) in [6, 6.07) is 13.4. The van der Waals surface area contributed by atoms with E-state index in [1.165, 1.54) is 24.3 Å². The largest absolute Gasteiger partial charge is 0.478 e. The average molecular weight is 261 g/mol. The highest BCUT2D eigenvalue weighted by Gasteiger charge is 1.97. The molecule has 2 rings (SSSR count). The van der Waals surface area contributed by atoms with Gasteiger partial charge in [-0.15, -0.1) is 0 Å². The maximum Gasteiger partial charge on any atom is 0.335 e. The van der Waals surface area contributed by atoms with E-state index in [-0.39, 0.29) is 5.82 Å². The molecular weight excluding hydrogens is 249 g/mol. The van der Waals surface area contributed by atoms with E-state index in [1.807, 2.05) is 0 Å². The second-order valence-corrected chi connectivity index (χ2v) is 3.54. The Labute approximate surface area is 109 Å². The van der Waals surface area contributed by atoms with Crippen LogP contribution in [0.2, 0.25) is 0 Å². The highest BCUT2D eigenvalue weighted by Crippen LogP contribution is 2.00. The minimum Gasteiger partial charge on any atom is -0.478 e. The SMILES string of the molecule is NC(=O)c1ccc(F)cc1.O=C(O)c1ccccc1. The van der Waals surface area contributed by atoms with Crippen LogP contribution in [0.1, 0.15) is 20.7 Å². The second-order valence-electron chi connectivity index (χ2n) is 3.54. The number of aromatic carboxylic acids is 1. The Morgan fingerprint density at radius 3 is 1.79 bits per heavy atom. The third kappa shape index (κ3) is 4.99. The van der Waals surface area contributed by atoms with E-state index in [2.05, 4.69) is 0 Å². The topological polar surface area (TPSA) is 80.4 Å². The molecule has 0 heterocycles. The zero-order valence-corrected chi connectivity index (χ0v) is 9.92. The quantitative estimate of drug-likeness (QED) is 0.870. The van der Waals surface area contributed by atoms with Gasteiger partial charge in [0.1, 0.15) is 5.82 Å². The monoisotopic (exact) mass is 261 g/mol. The number of carboxylic acids is 1. The van der Waals surface area contributed by atoms with Crippen molar-refractivity contribution in [1.29, 1.82) is 0 Å². The molecule has 2 aromatic carbocycles. The number of halogens is 1. The van der Waals surface area contributed by atoms with Crippen LogP contribution in [0.15, 0.2) is 54.6 Å². The summed E-state index contributed by atoms with van der Waals surface area (Å²) in [6.07, 6.45) is 0. The lowest BCUT2D eigenvalue weighted by Gasteiger charge is -1.91. The average Bonchev–Trinajstić information content (AvgIpc) is 2.41. The fourth-order valence-electron chi connectivity index (χ4n) is 1.19. The van der Waals surface area contributed by atoms with Gasteiger partial charge in [-0.3, -0.25) is 4.79 Å². The number of hydrogen-bond acceptors (Lipinski definition) is 2. The third-order valence-electron chi connectivity index (χ3n) is 2.15. The fraction of sp³-hybridized carbons (Fsp3) is 0. The summed E-state index contributed by atoms with van der Waals surface area (Å²) in [5.41, 5.74) is 5.55. The molecule has 3 N–H and O–H groups in total. The first-order valence-corrected chi connectivity index (χ1v) is 5.34. The fourth-order valence-corrected chi connectivity index (χ4v) is 1.19. The highest BCUT2D eigenvalue weighted by atomic mass is 19.1. The number of carbonyl (C=O) groups is 2. The van der Waals surface area contributed by atoms with Crippen molar-refractivity contribution in [2.45, 2.75) is 0 Å². The number of benzene rings is 2. The van der Waals surface area contributed by atoms with E-state index in [0.29, 0.717) is 11.1 Å². The summed E-state index contributed by atoms with van der Waals surface area (Å²) in [5, 5.41) is 8.38. The van der Waals surface area contributed by atoms with Gasteiger partial charge in [0.15, 0.2) is 0 Å². The van der Waals surface area contributed by atoms with Gasteiger partial charge in [-0.05, 0) is 36.4 Å². The summed E-state index contributed by atoms with van der Waals surface area (Å²) in [6.45, 7) is 0. The minimum absolute atomic E-state index is 0.321. The number of rotatable bonds is 2. The van der Waals surface area contributed by atoms with Crippen molar-refractivity contribution in [2.75, 3.05) is 0 Å². The number of carbonyl (C=O) groups excluding carboxylic acids is 1. The molecular formula is C14H12FNO3. The van der Waals surface area contributed by atoms with E-state index in [1.54, 1.807) is 30.3 Å². The predicted octanol–water partition coefficient (Wildman–Crippen LogP) is 2.31. The van der Waals surface area contributed by atoms with Crippen LogP contribution in [0.5, 0.6) is 0 Å². The van der Waals surface area contributed by atoms with Gasteiger partial charge in [0.05, 0.1) is 5.56 Å². The minimum atomic E-state index is -0.879. The summed E-state index contributed by atoms with van der Waals surface area (Å²) < 4.78 is 12.2. The Bertz CT molecular complexity index is 553. The van der Waals surface area contributed by atoms with Crippen LogP contribution in [-0.4, -0.2) is 17.0 Å². The molecule has 0 atom stereocenters. The summed E-state index contributed by atoms with van der Waals surface area (Å²) in [4.78, 5) is 20.6. The van der Waals surface area contributed by atoms with Gasteiger partial charge < -0.3 is 10.8 Å². The van der Waals surface area contributed by atoms with Crippen molar-refractivity contribution in [1.82, 2.24) is 0 Å². The van der Waals surface area contributed by atoms with E-state index < -0.39 is 11.9 Å². The normalized spacial score (nSPS) is 9.11. The lowest BCUT2D eigenvalue weighted by molar-refractivity contribution is 0.0696. The van der Waals surface area contributed by atoms with E-state index in [4.69, 9.17) is 10.8 Å². The Balaban J connectivity index is 0.000000191. The first-order valence-electron chi connectivity index (χ1n) is 5.34. The second kappa shape index (κ2) is 6.90. The molecule has 1 amide bonds. The molecule has 4 nitrogen and oxygen atoms in total. The van der Waals surface area contributed by atoms with Crippen molar-refractivity contribution in [2.24, 2.45) is 5.73 Å². The first-order chi connectivity index (χ1) is 9.00. The molecule has 0 aliphatic carbocycles. The Morgan fingerprint density at radius 1 is 0.895 bits per heavy atom. The number of hydrogen-bond donors (Lipinski definition) is 2. The van der Waals surface area contributed by atoms with Crippen molar-refractivity contribution in [3.05, 3.63) is 71.5 Å². The van der Waals surface area contributed by atoms with Gasteiger partial charge in [-0.1, -0.05) is 18.2 Å². The van der Waals surface area contributed by atoms with Crippen LogP contribution in [0.4, 0.5) is 4.39 Å². The summed E-state index contributed by atoms with van der Waals surface area (Å²) >= 11 is 0. The number of carboxylic acid groups (broad SMARTS) is 1. The van der Waals surface area contributed by atoms with Gasteiger partial charge >= 0.3 is 5.97 Å². The molecule has 19 heavy (non-hydrogen) atoms. The zero-order chi connectivity index (χ0) is 14.3. The summed E-state index contributed by atoms with van der Waals surface area (Å²) in [5.74, 6) is -1.79. The van der Waals surface area contributed by atoms with Crippen LogP contribution < -0.4 is 5.73 Å². The van der Waals surface area contributed by atoms with Crippen molar-refractivity contribution in [3.63, 3.8) is 0 Å². The van der Waals surface area contributed by atoms with Gasteiger partial charge in [-0.25, -0.2) is 9.18 Å².